The predicted octanol–water partition coefficient (Wildman–Crippen LogP) is 0.962. The molecule has 0 fully saturated rings. The molecule has 0 atom stereocenters. The van der Waals surface area contributed by atoms with Gasteiger partial charge in [-0.2, -0.15) is 5.10 Å². The maximum atomic E-state index is 11.9. The van der Waals surface area contributed by atoms with Crippen LogP contribution in [-0.2, 0) is 16.6 Å². The molecular formula is C9H12N4O2S2. The molecule has 0 amide bonds. The van der Waals surface area contributed by atoms with Crippen LogP contribution >= 0.6 is 11.3 Å². The van der Waals surface area contributed by atoms with Crippen molar-refractivity contribution in [1.29, 1.82) is 0 Å². The van der Waals surface area contributed by atoms with Crippen LogP contribution in [0.25, 0.3) is 0 Å². The summed E-state index contributed by atoms with van der Waals surface area (Å²) < 4.78 is 26.4. The van der Waals surface area contributed by atoms with Crippen LogP contribution in [0.15, 0.2) is 16.6 Å². The van der Waals surface area contributed by atoms with Crippen LogP contribution in [0, 0.1) is 13.8 Å². The normalized spacial score (nSPS) is 11.9. The smallest absolute Gasteiger partial charge is 0.244 e. The van der Waals surface area contributed by atoms with Gasteiger partial charge < -0.3 is 0 Å². The maximum Gasteiger partial charge on any atom is 0.244 e. The van der Waals surface area contributed by atoms with Crippen molar-refractivity contribution in [2.24, 2.45) is 0 Å². The van der Waals surface area contributed by atoms with Gasteiger partial charge in [-0.15, -0.1) is 11.3 Å². The lowest BCUT2D eigenvalue weighted by atomic mass is 10.4. The summed E-state index contributed by atoms with van der Waals surface area (Å²) >= 11 is 1.43. The first-order valence-corrected chi connectivity index (χ1v) is 7.25. The predicted molar refractivity (Wildman–Crippen MR) is 64.2 cm³/mol. The van der Waals surface area contributed by atoms with Crippen molar-refractivity contribution in [2.45, 2.75) is 25.3 Å². The number of hydrogen-bond donors (Lipinski definition) is 2. The van der Waals surface area contributed by atoms with Gasteiger partial charge in [-0.05, 0) is 13.8 Å². The van der Waals surface area contributed by atoms with E-state index in [0.29, 0.717) is 5.69 Å². The minimum atomic E-state index is -3.51. The summed E-state index contributed by atoms with van der Waals surface area (Å²) in [6.07, 6.45) is 1.30. The van der Waals surface area contributed by atoms with Gasteiger partial charge in [0.1, 0.15) is 4.90 Å². The number of sulfonamides is 1. The average Bonchev–Trinajstić information content (AvgIpc) is 2.85. The van der Waals surface area contributed by atoms with E-state index in [1.165, 1.54) is 17.5 Å². The molecule has 92 valence electrons. The molecule has 17 heavy (non-hydrogen) atoms. The van der Waals surface area contributed by atoms with Gasteiger partial charge in [0.2, 0.25) is 10.0 Å². The zero-order valence-corrected chi connectivity index (χ0v) is 11.0. The highest BCUT2D eigenvalue weighted by molar-refractivity contribution is 7.89. The SMILES string of the molecule is Cc1ncsc1CNS(=O)(=O)c1cn[nH]c1C. The zero-order valence-electron chi connectivity index (χ0n) is 9.39. The molecule has 0 bridgehead atoms. The van der Waals surface area contributed by atoms with Crippen molar-refractivity contribution in [1.82, 2.24) is 19.9 Å². The Morgan fingerprint density at radius 3 is 2.76 bits per heavy atom. The number of rotatable bonds is 4. The van der Waals surface area contributed by atoms with E-state index in [9.17, 15) is 8.42 Å². The van der Waals surface area contributed by atoms with Crippen molar-refractivity contribution in [3.63, 3.8) is 0 Å². The Kier molecular flexibility index (Phi) is 3.27. The number of aromatic amines is 1. The van der Waals surface area contributed by atoms with Crippen molar-refractivity contribution in [2.75, 3.05) is 0 Å². The highest BCUT2D eigenvalue weighted by Crippen LogP contribution is 2.15. The quantitative estimate of drug-likeness (QED) is 0.867. The molecule has 2 heterocycles. The van der Waals surface area contributed by atoms with Crippen LogP contribution in [0.4, 0.5) is 0 Å². The topological polar surface area (TPSA) is 87.7 Å². The second kappa shape index (κ2) is 4.55. The molecule has 6 nitrogen and oxygen atoms in total. The molecule has 0 saturated carbocycles. The third-order valence-corrected chi connectivity index (χ3v) is 4.79. The Balaban J connectivity index is 2.15. The van der Waals surface area contributed by atoms with E-state index in [2.05, 4.69) is 19.9 Å². The molecule has 0 spiro atoms. The van der Waals surface area contributed by atoms with Gasteiger partial charge in [-0.25, -0.2) is 18.1 Å². The number of aromatic nitrogens is 3. The fourth-order valence-corrected chi connectivity index (χ4v) is 3.28. The minimum Gasteiger partial charge on any atom is -0.281 e. The Morgan fingerprint density at radius 1 is 1.47 bits per heavy atom. The number of hydrogen-bond acceptors (Lipinski definition) is 5. The molecule has 0 aromatic carbocycles. The van der Waals surface area contributed by atoms with E-state index >= 15 is 0 Å². The summed E-state index contributed by atoms with van der Waals surface area (Å²) in [7, 11) is -3.51. The van der Waals surface area contributed by atoms with E-state index in [1.807, 2.05) is 6.92 Å². The van der Waals surface area contributed by atoms with E-state index in [-0.39, 0.29) is 11.4 Å². The molecule has 2 N–H and O–H groups in total. The molecule has 2 aromatic heterocycles. The van der Waals surface area contributed by atoms with Crippen LogP contribution in [0.3, 0.4) is 0 Å². The van der Waals surface area contributed by atoms with E-state index in [1.54, 1.807) is 12.4 Å². The summed E-state index contributed by atoms with van der Waals surface area (Å²) in [4.78, 5) is 5.15. The van der Waals surface area contributed by atoms with E-state index < -0.39 is 10.0 Å². The number of nitrogens with one attached hydrogen (secondary N) is 2. The second-order valence-corrected chi connectivity index (χ2v) is 6.22. The van der Waals surface area contributed by atoms with Crippen LogP contribution in [0.5, 0.6) is 0 Å². The summed E-state index contributed by atoms with van der Waals surface area (Å²) in [6.45, 7) is 3.77. The molecule has 0 saturated heterocycles. The standard InChI is InChI=1S/C9H12N4O2S2/c1-6-8(16-5-10-6)3-12-17(14,15)9-4-11-13-7(9)2/h4-5,12H,3H2,1-2H3,(H,11,13). The van der Waals surface area contributed by atoms with Crippen molar-refractivity contribution in [3.8, 4) is 0 Å². The number of nitrogens with zero attached hydrogens (tertiary/aromatic N) is 2. The third-order valence-electron chi connectivity index (χ3n) is 2.34. The van der Waals surface area contributed by atoms with Gasteiger partial charge in [-0.3, -0.25) is 5.10 Å². The van der Waals surface area contributed by atoms with Gasteiger partial charge in [-0.1, -0.05) is 0 Å². The van der Waals surface area contributed by atoms with E-state index in [0.717, 1.165) is 10.6 Å². The van der Waals surface area contributed by atoms with Gasteiger partial charge in [0.15, 0.2) is 0 Å². The Hall–Kier alpha value is -1.25. The molecule has 0 unspecified atom stereocenters. The average molecular weight is 272 g/mol. The monoisotopic (exact) mass is 272 g/mol. The Morgan fingerprint density at radius 2 is 2.24 bits per heavy atom. The minimum absolute atomic E-state index is 0.180. The number of aryl methyl sites for hydroxylation is 2. The van der Waals surface area contributed by atoms with Crippen LogP contribution in [0.1, 0.15) is 16.3 Å². The number of H-pyrrole nitrogens is 1. The first kappa shape index (κ1) is 12.2. The number of thiazole rings is 1. The lowest BCUT2D eigenvalue weighted by Crippen LogP contribution is -2.23. The summed E-state index contributed by atoms with van der Waals surface area (Å²) in [5.74, 6) is 0. The molecule has 2 aromatic rings. The molecule has 0 radical (unpaired) electrons. The Bertz CT molecular complexity index is 614. The molecular weight excluding hydrogens is 260 g/mol. The van der Waals surface area contributed by atoms with Crippen molar-refractivity contribution >= 4 is 21.4 Å². The highest BCUT2D eigenvalue weighted by atomic mass is 32.2. The van der Waals surface area contributed by atoms with Gasteiger partial charge in [0.25, 0.3) is 0 Å². The fourth-order valence-electron chi connectivity index (χ4n) is 1.34. The van der Waals surface area contributed by atoms with E-state index in [4.69, 9.17) is 0 Å². The lowest BCUT2D eigenvalue weighted by Gasteiger charge is -2.04. The third kappa shape index (κ3) is 2.54. The first-order valence-electron chi connectivity index (χ1n) is 4.89. The van der Waals surface area contributed by atoms with Crippen LogP contribution in [0.2, 0.25) is 0 Å². The summed E-state index contributed by atoms with van der Waals surface area (Å²) in [5.41, 5.74) is 3.07. The zero-order chi connectivity index (χ0) is 12.5. The maximum absolute atomic E-state index is 11.9. The lowest BCUT2D eigenvalue weighted by molar-refractivity contribution is 0.581. The van der Waals surface area contributed by atoms with Gasteiger partial charge >= 0.3 is 0 Å². The molecule has 8 heteroatoms. The van der Waals surface area contributed by atoms with Gasteiger partial charge in [0.05, 0.1) is 23.1 Å². The van der Waals surface area contributed by atoms with Crippen LogP contribution < -0.4 is 4.72 Å². The first-order chi connectivity index (χ1) is 8.00. The van der Waals surface area contributed by atoms with Gasteiger partial charge in [0, 0.05) is 11.4 Å². The second-order valence-electron chi connectivity index (χ2n) is 3.54. The van der Waals surface area contributed by atoms with Crippen molar-refractivity contribution in [3.05, 3.63) is 28.0 Å². The van der Waals surface area contributed by atoms with Crippen molar-refractivity contribution < 1.29 is 8.42 Å². The molecule has 0 aliphatic carbocycles. The fraction of sp³-hybridized carbons (Fsp3) is 0.333. The van der Waals surface area contributed by atoms with Crippen LogP contribution in [-0.4, -0.2) is 23.6 Å². The molecule has 0 aliphatic heterocycles. The molecule has 2 rings (SSSR count). The summed E-state index contributed by atoms with van der Waals surface area (Å²) in [6, 6.07) is 0. The summed E-state index contributed by atoms with van der Waals surface area (Å²) in [5, 5.41) is 6.30. The Labute approximate surface area is 103 Å². The largest absolute Gasteiger partial charge is 0.281 e. The highest BCUT2D eigenvalue weighted by Gasteiger charge is 2.18. The molecule has 0 aliphatic rings.